The molecule has 0 aliphatic carbocycles. The van der Waals surface area contributed by atoms with Crippen molar-refractivity contribution in [2.45, 2.75) is 50.2 Å². The second-order valence-electron chi connectivity index (χ2n) is 5.38. The number of allylic oxidation sites excluding steroid dienone is 1. The molecule has 0 aromatic carbocycles. The molecule has 90 valence electrons. The summed E-state index contributed by atoms with van der Waals surface area (Å²) >= 11 is 0. The minimum atomic E-state index is -0.661. The predicted octanol–water partition coefficient (Wildman–Crippen LogP) is 1.67. The fourth-order valence-corrected chi connectivity index (χ4v) is 3.35. The van der Waals surface area contributed by atoms with Gasteiger partial charge in [-0.1, -0.05) is 0 Å². The van der Waals surface area contributed by atoms with Crippen molar-refractivity contribution in [1.29, 1.82) is 0 Å². The maximum Gasteiger partial charge on any atom is 0.124 e. The van der Waals surface area contributed by atoms with Crippen molar-refractivity contribution in [2.24, 2.45) is 0 Å². The van der Waals surface area contributed by atoms with Gasteiger partial charge in [-0.15, -0.1) is 0 Å². The Balaban J connectivity index is 1.75. The second kappa shape index (κ2) is 4.04. The minimum Gasteiger partial charge on any atom is -0.495 e. The molecule has 2 fully saturated rings. The molecule has 3 rings (SSSR count). The van der Waals surface area contributed by atoms with Crippen LogP contribution in [0.3, 0.4) is 0 Å². The Kier molecular flexibility index (Phi) is 2.68. The number of hydrogen-bond donors (Lipinski definition) is 1. The summed E-state index contributed by atoms with van der Waals surface area (Å²) in [6, 6.07) is 0.588. The number of nitrogens with zero attached hydrogens (tertiary/aromatic N) is 1. The van der Waals surface area contributed by atoms with Gasteiger partial charge < -0.3 is 14.7 Å². The molecule has 3 nitrogen and oxygen atoms in total. The van der Waals surface area contributed by atoms with Crippen LogP contribution in [0.15, 0.2) is 11.8 Å². The highest BCUT2D eigenvalue weighted by atomic mass is 16.5. The van der Waals surface area contributed by atoms with Crippen molar-refractivity contribution in [3.05, 3.63) is 11.8 Å². The van der Waals surface area contributed by atoms with E-state index in [2.05, 4.69) is 11.0 Å². The van der Waals surface area contributed by atoms with Crippen molar-refractivity contribution in [1.82, 2.24) is 4.90 Å². The van der Waals surface area contributed by atoms with Crippen molar-refractivity contribution in [3.63, 3.8) is 0 Å². The number of fused-ring (bicyclic) bond motifs is 1. The first-order chi connectivity index (χ1) is 7.78. The molecule has 16 heavy (non-hydrogen) atoms. The SMILES string of the molecule is OC1(C2=CCCCO2)CCN2CCCC2C1. The highest BCUT2D eigenvalue weighted by Gasteiger charge is 2.43. The molecule has 3 heterocycles. The van der Waals surface area contributed by atoms with Gasteiger partial charge in [0.05, 0.1) is 6.61 Å². The third-order valence-electron chi connectivity index (χ3n) is 4.28. The van der Waals surface area contributed by atoms with Crippen molar-refractivity contribution < 1.29 is 9.84 Å². The average molecular weight is 223 g/mol. The fraction of sp³-hybridized carbons (Fsp3) is 0.846. The molecule has 0 aromatic heterocycles. The van der Waals surface area contributed by atoms with E-state index in [-0.39, 0.29) is 0 Å². The zero-order valence-corrected chi connectivity index (χ0v) is 9.82. The van der Waals surface area contributed by atoms with Gasteiger partial charge in [0.15, 0.2) is 0 Å². The third kappa shape index (κ3) is 1.76. The highest BCUT2D eigenvalue weighted by molar-refractivity contribution is 5.15. The van der Waals surface area contributed by atoms with Gasteiger partial charge in [-0.05, 0) is 51.1 Å². The van der Waals surface area contributed by atoms with Gasteiger partial charge in [0.2, 0.25) is 0 Å². The Hall–Kier alpha value is -0.540. The maximum atomic E-state index is 10.7. The van der Waals surface area contributed by atoms with Gasteiger partial charge in [-0.2, -0.15) is 0 Å². The van der Waals surface area contributed by atoms with Crippen molar-refractivity contribution >= 4 is 0 Å². The van der Waals surface area contributed by atoms with E-state index in [1.807, 2.05) is 0 Å². The summed E-state index contributed by atoms with van der Waals surface area (Å²) in [5.74, 6) is 0.866. The molecule has 3 aliphatic heterocycles. The number of aliphatic hydroxyl groups is 1. The van der Waals surface area contributed by atoms with Crippen LogP contribution in [0, 0.1) is 0 Å². The van der Waals surface area contributed by atoms with E-state index in [9.17, 15) is 5.11 Å². The number of ether oxygens (including phenoxy) is 1. The van der Waals surface area contributed by atoms with E-state index in [0.717, 1.165) is 44.6 Å². The molecule has 1 N–H and O–H groups in total. The third-order valence-corrected chi connectivity index (χ3v) is 4.28. The summed E-state index contributed by atoms with van der Waals surface area (Å²) in [6.45, 7) is 3.03. The van der Waals surface area contributed by atoms with E-state index >= 15 is 0 Å². The number of rotatable bonds is 1. The Bertz CT molecular complexity index is 302. The smallest absolute Gasteiger partial charge is 0.124 e. The molecular formula is C13H21NO2. The van der Waals surface area contributed by atoms with Gasteiger partial charge in [0.25, 0.3) is 0 Å². The van der Waals surface area contributed by atoms with Gasteiger partial charge in [-0.3, -0.25) is 0 Å². The lowest BCUT2D eigenvalue weighted by Crippen LogP contribution is -2.49. The van der Waals surface area contributed by atoms with Gasteiger partial charge in [-0.25, -0.2) is 0 Å². The van der Waals surface area contributed by atoms with Crippen LogP contribution >= 0.6 is 0 Å². The molecule has 0 radical (unpaired) electrons. The molecule has 0 saturated carbocycles. The van der Waals surface area contributed by atoms with Gasteiger partial charge in [0.1, 0.15) is 11.4 Å². The minimum absolute atomic E-state index is 0.588. The zero-order valence-electron chi connectivity index (χ0n) is 9.82. The Labute approximate surface area is 97.1 Å². The molecule has 0 bridgehead atoms. The Morgan fingerprint density at radius 3 is 3.12 bits per heavy atom. The second-order valence-corrected chi connectivity index (χ2v) is 5.38. The molecule has 3 heteroatoms. The average Bonchev–Trinajstić information content (AvgIpc) is 2.77. The first-order valence-electron chi connectivity index (χ1n) is 6.58. The van der Waals surface area contributed by atoms with Gasteiger partial charge >= 0.3 is 0 Å². The summed E-state index contributed by atoms with van der Waals surface area (Å²) in [5, 5.41) is 10.7. The standard InChI is InChI=1S/C13H21NO2/c15-13(12-5-1-2-9-16-12)6-8-14-7-3-4-11(14)10-13/h5,11,15H,1-4,6-10H2. The predicted molar refractivity (Wildman–Crippen MR) is 62.0 cm³/mol. The van der Waals surface area contributed by atoms with Crippen LogP contribution in [0.2, 0.25) is 0 Å². The molecule has 0 aromatic rings. The molecule has 3 aliphatic rings. The molecule has 2 saturated heterocycles. The summed E-state index contributed by atoms with van der Waals surface area (Å²) in [4.78, 5) is 2.53. The lowest BCUT2D eigenvalue weighted by Gasteiger charge is -2.42. The van der Waals surface area contributed by atoms with E-state index in [4.69, 9.17) is 4.74 Å². The molecule has 2 unspecified atom stereocenters. The molecule has 0 amide bonds. The topological polar surface area (TPSA) is 32.7 Å². The van der Waals surface area contributed by atoms with Crippen LogP contribution in [-0.2, 0) is 4.74 Å². The van der Waals surface area contributed by atoms with Crippen LogP contribution in [0.25, 0.3) is 0 Å². The number of piperidine rings is 1. The summed E-state index contributed by atoms with van der Waals surface area (Å²) in [7, 11) is 0. The summed E-state index contributed by atoms with van der Waals surface area (Å²) < 4.78 is 5.66. The molecule has 2 atom stereocenters. The Morgan fingerprint density at radius 2 is 2.31 bits per heavy atom. The van der Waals surface area contributed by atoms with Gasteiger partial charge in [0, 0.05) is 12.6 Å². The number of hydrogen-bond acceptors (Lipinski definition) is 3. The molecule has 0 spiro atoms. The van der Waals surface area contributed by atoms with Crippen LogP contribution in [0.5, 0.6) is 0 Å². The summed E-state index contributed by atoms with van der Waals surface area (Å²) in [5.41, 5.74) is -0.661. The van der Waals surface area contributed by atoms with Crippen molar-refractivity contribution in [3.8, 4) is 0 Å². The lowest BCUT2D eigenvalue weighted by atomic mass is 9.84. The van der Waals surface area contributed by atoms with Crippen LogP contribution in [-0.4, -0.2) is 41.3 Å². The van der Waals surface area contributed by atoms with E-state index in [1.165, 1.54) is 19.4 Å². The quantitative estimate of drug-likeness (QED) is 0.734. The van der Waals surface area contributed by atoms with Crippen LogP contribution in [0.4, 0.5) is 0 Å². The van der Waals surface area contributed by atoms with Crippen LogP contribution in [0.1, 0.15) is 38.5 Å². The monoisotopic (exact) mass is 223 g/mol. The van der Waals surface area contributed by atoms with Crippen LogP contribution < -0.4 is 0 Å². The largest absolute Gasteiger partial charge is 0.495 e. The Morgan fingerprint density at radius 1 is 1.38 bits per heavy atom. The fourth-order valence-electron chi connectivity index (χ4n) is 3.35. The highest BCUT2D eigenvalue weighted by Crippen LogP contribution is 2.38. The lowest BCUT2D eigenvalue weighted by molar-refractivity contribution is -0.0516. The van der Waals surface area contributed by atoms with E-state index in [0.29, 0.717) is 6.04 Å². The van der Waals surface area contributed by atoms with E-state index in [1.54, 1.807) is 0 Å². The van der Waals surface area contributed by atoms with Crippen molar-refractivity contribution in [2.75, 3.05) is 19.7 Å². The first-order valence-corrected chi connectivity index (χ1v) is 6.58. The normalized spacial score (nSPS) is 40.1. The summed E-state index contributed by atoms with van der Waals surface area (Å²) in [6.07, 6.45) is 8.51. The zero-order chi connectivity index (χ0) is 11.0. The first kappa shape index (κ1) is 10.6. The molecular weight excluding hydrogens is 202 g/mol. The maximum absolute atomic E-state index is 10.7. The van der Waals surface area contributed by atoms with E-state index < -0.39 is 5.60 Å².